The molecule has 1 aromatic carbocycles. The maximum atomic E-state index is 12.9. The molecule has 2 fully saturated rings. The minimum atomic E-state index is 0.0847. The molecule has 0 saturated heterocycles. The first-order valence-electron chi connectivity index (χ1n) is 8.85. The van der Waals surface area contributed by atoms with E-state index >= 15 is 0 Å². The second-order valence-corrected chi connectivity index (χ2v) is 7.34. The van der Waals surface area contributed by atoms with E-state index in [4.69, 9.17) is 0 Å². The SMILES string of the molecule is CC(c1ccc(-n2cncn2)cc1)N(C)C(=O)C1CC2CCC1C2. The highest BCUT2D eigenvalue weighted by molar-refractivity contribution is 5.80. The van der Waals surface area contributed by atoms with Crippen molar-refractivity contribution in [2.75, 3.05) is 7.05 Å². The van der Waals surface area contributed by atoms with Gasteiger partial charge in [0.05, 0.1) is 11.7 Å². The fourth-order valence-electron chi connectivity index (χ4n) is 4.47. The molecule has 2 aliphatic rings. The van der Waals surface area contributed by atoms with Crippen molar-refractivity contribution >= 4 is 5.91 Å². The van der Waals surface area contributed by atoms with Crippen LogP contribution in [0, 0.1) is 17.8 Å². The Morgan fingerprint density at radius 2 is 2.04 bits per heavy atom. The summed E-state index contributed by atoms with van der Waals surface area (Å²) >= 11 is 0. The molecule has 0 radical (unpaired) electrons. The van der Waals surface area contributed by atoms with Crippen molar-refractivity contribution < 1.29 is 4.79 Å². The van der Waals surface area contributed by atoms with Crippen LogP contribution in [0.25, 0.3) is 5.69 Å². The molecular formula is C19H24N4O. The molecule has 5 heteroatoms. The number of amides is 1. The van der Waals surface area contributed by atoms with Gasteiger partial charge in [-0.05, 0) is 55.7 Å². The Labute approximate surface area is 142 Å². The number of aromatic nitrogens is 3. The Balaban J connectivity index is 1.46. The Morgan fingerprint density at radius 1 is 1.25 bits per heavy atom. The van der Waals surface area contributed by atoms with Gasteiger partial charge in [-0.3, -0.25) is 4.79 Å². The van der Waals surface area contributed by atoms with E-state index < -0.39 is 0 Å². The van der Waals surface area contributed by atoms with Crippen LogP contribution in [0.15, 0.2) is 36.9 Å². The summed E-state index contributed by atoms with van der Waals surface area (Å²) in [6.45, 7) is 2.11. The highest BCUT2D eigenvalue weighted by Gasteiger charge is 2.44. The first kappa shape index (κ1) is 15.4. The summed E-state index contributed by atoms with van der Waals surface area (Å²) in [7, 11) is 1.95. The van der Waals surface area contributed by atoms with Crippen molar-refractivity contribution in [3.05, 3.63) is 42.5 Å². The maximum Gasteiger partial charge on any atom is 0.226 e. The van der Waals surface area contributed by atoms with Crippen molar-refractivity contribution in [2.24, 2.45) is 17.8 Å². The van der Waals surface area contributed by atoms with E-state index in [0.717, 1.165) is 23.6 Å². The molecule has 4 atom stereocenters. The van der Waals surface area contributed by atoms with Crippen LogP contribution in [0.4, 0.5) is 0 Å². The fourth-order valence-corrected chi connectivity index (χ4v) is 4.47. The van der Waals surface area contributed by atoms with Gasteiger partial charge in [0.15, 0.2) is 0 Å². The van der Waals surface area contributed by atoms with E-state index in [1.165, 1.54) is 25.6 Å². The quantitative estimate of drug-likeness (QED) is 0.867. The summed E-state index contributed by atoms with van der Waals surface area (Å²) in [5.74, 6) is 2.02. The summed E-state index contributed by atoms with van der Waals surface area (Å²) in [6, 6.07) is 8.28. The summed E-state index contributed by atoms with van der Waals surface area (Å²) in [5, 5.41) is 4.14. The number of hydrogen-bond donors (Lipinski definition) is 0. The van der Waals surface area contributed by atoms with E-state index in [1.54, 1.807) is 11.0 Å². The molecule has 0 N–H and O–H groups in total. The molecular weight excluding hydrogens is 300 g/mol. The zero-order valence-electron chi connectivity index (χ0n) is 14.3. The van der Waals surface area contributed by atoms with Crippen molar-refractivity contribution in [1.82, 2.24) is 19.7 Å². The van der Waals surface area contributed by atoms with Crippen molar-refractivity contribution in [3.8, 4) is 5.69 Å². The number of carbonyl (C=O) groups is 1. The third-order valence-electron chi connectivity index (χ3n) is 6.04. The Hall–Kier alpha value is -2.17. The van der Waals surface area contributed by atoms with Gasteiger partial charge in [-0.15, -0.1) is 0 Å². The number of benzene rings is 1. The minimum Gasteiger partial charge on any atom is -0.339 e. The summed E-state index contributed by atoms with van der Waals surface area (Å²) in [6.07, 6.45) is 8.16. The van der Waals surface area contributed by atoms with Gasteiger partial charge in [0.2, 0.25) is 5.91 Å². The van der Waals surface area contributed by atoms with Crippen molar-refractivity contribution in [3.63, 3.8) is 0 Å². The second kappa shape index (κ2) is 6.04. The third kappa shape index (κ3) is 2.62. The van der Waals surface area contributed by atoms with Gasteiger partial charge in [0, 0.05) is 13.0 Å². The lowest BCUT2D eigenvalue weighted by molar-refractivity contribution is -0.137. The van der Waals surface area contributed by atoms with Crippen LogP contribution in [0.5, 0.6) is 0 Å². The molecule has 4 rings (SSSR count). The topological polar surface area (TPSA) is 51.0 Å². The molecule has 1 amide bonds. The predicted molar refractivity (Wildman–Crippen MR) is 91.5 cm³/mol. The summed E-state index contributed by atoms with van der Waals surface area (Å²) in [4.78, 5) is 18.8. The van der Waals surface area contributed by atoms with Crippen molar-refractivity contribution in [2.45, 2.75) is 38.6 Å². The Morgan fingerprint density at radius 3 is 2.62 bits per heavy atom. The minimum absolute atomic E-state index is 0.0847. The standard InChI is InChI=1S/C19H24N4O/c1-13(15-5-7-17(8-6-15)23-12-20-11-21-23)22(2)19(24)18-10-14-3-4-16(18)9-14/h5-8,11-14,16,18H,3-4,9-10H2,1-2H3. The van der Waals surface area contributed by atoms with Crippen LogP contribution in [-0.4, -0.2) is 32.6 Å². The van der Waals surface area contributed by atoms with Gasteiger partial charge in [-0.1, -0.05) is 18.6 Å². The molecule has 0 aliphatic heterocycles. The van der Waals surface area contributed by atoms with Gasteiger partial charge in [-0.25, -0.2) is 9.67 Å². The van der Waals surface area contributed by atoms with Gasteiger partial charge in [0.1, 0.15) is 12.7 Å². The fraction of sp³-hybridized carbons (Fsp3) is 0.526. The average Bonchev–Trinajstić information content (AvgIpc) is 3.37. The smallest absolute Gasteiger partial charge is 0.226 e. The number of carbonyl (C=O) groups excluding carboxylic acids is 1. The van der Waals surface area contributed by atoms with E-state index in [1.807, 2.05) is 24.1 Å². The molecule has 1 aromatic heterocycles. The first-order chi connectivity index (χ1) is 11.6. The van der Waals surface area contributed by atoms with Crippen LogP contribution in [0.1, 0.15) is 44.2 Å². The second-order valence-electron chi connectivity index (χ2n) is 7.34. The lowest BCUT2D eigenvalue weighted by Gasteiger charge is -2.31. The van der Waals surface area contributed by atoms with E-state index in [-0.39, 0.29) is 12.0 Å². The highest BCUT2D eigenvalue weighted by Crippen LogP contribution is 2.49. The largest absolute Gasteiger partial charge is 0.339 e. The Bertz CT molecular complexity index is 709. The lowest BCUT2D eigenvalue weighted by Crippen LogP contribution is -2.37. The van der Waals surface area contributed by atoms with Gasteiger partial charge in [-0.2, -0.15) is 5.10 Å². The summed E-state index contributed by atoms with van der Waals surface area (Å²) in [5.41, 5.74) is 2.13. The zero-order valence-corrected chi connectivity index (χ0v) is 14.3. The van der Waals surface area contributed by atoms with E-state index in [2.05, 4.69) is 29.1 Å². The zero-order chi connectivity index (χ0) is 16.7. The van der Waals surface area contributed by atoms with Gasteiger partial charge in [0.25, 0.3) is 0 Å². The third-order valence-corrected chi connectivity index (χ3v) is 6.04. The van der Waals surface area contributed by atoms with Crippen LogP contribution < -0.4 is 0 Å². The molecule has 5 nitrogen and oxygen atoms in total. The van der Waals surface area contributed by atoms with Crippen molar-refractivity contribution in [1.29, 1.82) is 0 Å². The molecule has 2 bridgehead atoms. The highest BCUT2D eigenvalue weighted by atomic mass is 16.2. The maximum absolute atomic E-state index is 12.9. The lowest BCUT2D eigenvalue weighted by atomic mass is 9.87. The summed E-state index contributed by atoms with van der Waals surface area (Å²) < 4.78 is 1.73. The van der Waals surface area contributed by atoms with Crippen LogP contribution in [0.3, 0.4) is 0 Å². The predicted octanol–water partition coefficient (Wildman–Crippen LogP) is 3.22. The molecule has 24 heavy (non-hydrogen) atoms. The first-order valence-corrected chi connectivity index (χ1v) is 8.85. The number of hydrogen-bond acceptors (Lipinski definition) is 3. The molecule has 2 aromatic rings. The molecule has 2 saturated carbocycles. The normalized spacial score (nSPS) is 26.5. The number of rotatable bonds is 4. The van der Waals surface area contributed by atoms with Crippen LogP contribution in [0.2, 0.25) is 0 Å². The number of fused-ring (bicyclic) bond motifs is 2. The molecule has 0 spiro atoms. The number of nitrogens with zero attached hydrogens (tertiary/aromatic N) is 4. The monoisotopic (exact) mass is 324 g/mol. The van der Waals surface area contributed by atoms with Gasteiger partial charge < -0.3 is 4.90 Å². The van der Waals surface area contributed by atoms with Crippen LogP contribution in [-0.2, 0) is 4.79 Å². The average molecular weight is 324 g/mol. The van der Waals surface area contributed by atoms with E-state index in [0.29, 0.717) is 11.8 Å². The van der Waals surface area contributed by atoms with E-state index in [9.17, 15) is 4.79 Å². The Kier molecular flexibility index (Phi) is 3.87. The molecule has 4 unspecified atom stereocenters. The van der Waals surface area contributed by atoms with Gasteiger partial charge >= 0.3 is 0 Å². The molecule has 1 heterocycles. The molecule has 126 valence electrons. The van der Waals surface area contributed by atoms with Crippen LogP contribution >= 0.6 is 0 Å². The molecule has 2 aliphatic carbocycles.